The van der Waals surface area contributed by atoms with Gasteiger partial charge in [-0.25, -0.2) is 4.79 Å². The summed E-state index contributed by atoms with van der Waals surface area (Å²) in [5.41, 5.74) is -1.41. The molecule has 4 nitrogen and oxygen atoms in total. The second-order valence-corrected chi connectivity index (χ2v) is 3.36. The summed E-state index contributed by atoms with van der Waals surface area (Å²) in [6, 6.07) is 0. The van der Waals surface area contributed by atoms with Crippen molar-refractivity contribution in [2.45, 2.75) is 13.1 Å². The van der Waals surface area contributed by atoms with Gasteiger partial charge in [-0.05, 0) is 6.92 Å². The van der Waals surface area contributed by atoms with E-state index in [0.29, 0.717) is 11.3 Å². The Kier molecular flexibility index (Phi) is 3.18. The van der Waals surface area contributed by atoms with Crippen LogP contribution >= 0.6 is 11.3 Å². The molecule has 0 aliphatic rings. The van der Waals surface area contributed by atoms with E-state index in [1.165, 1.54) is 0 Å². The molecule has 0 aliphatic carbocycles. The Balaban J connectivity index is 3.18. The van der Waals surface area contributed by atoms with Gasteiger partial charge in [0.05, 0.1) is 6.61 Å². The van der Waals surface area contributed by atoms with E-state index in [2.05, 4.69) is 4.98 Å². The Morgan fingerprint density at radius 1 is 1.60 bits per heavy atom. The fourth-order valence-electron chi connectivity index (χ4n) is 0.823. The number of hydrogen-bond donors (Lipinski definition) is 1. The maximum atomic E-state index is 12.3. The fraction of sp³-hybridized carbons (Fsp3) is 0.429. The standard InChI is InChI=1S/C7H6F3NO3S/c1-2-14-6-11-4(7(8,9)10)3(15-6)5(12)13/h2H2,1H3,(H,12,13). The highest BCUT2D eigenvalue weighted by molar-refractivity contribution is 7.15. The molecule has 0 saturated carbocycles. The number of halogens is 3. The maximum Gasteiger partial charge on any atom is 0.435 e. The molecule has 0 aliphatic heterocycles. The van der Waals surface area contributed by atoms with E-state index in [1.54, 1.807) is 6.92 Å². The molecule has 1 heterocycles. The summed E-state index contributed by atoms with van der Waals surface area (Å²) >= 11 is 0.366. The molecule has 0 aromatic carbocycles. The fourth-order valence-corrected chi connectivity index (χ4v) is 1.66. The van der Waals surface area contributed by atoms with Crippen molar-refractivity contribution in [3.05, 3.63) is 10.6 Å². The molecule has 1 aromatic rings. The van der Waals surface area contributed by atoms with Crippen LogP contribution in [0.3, 0.4) is 0 Å². The van der Waals surface area contributed by atoms with Gasteiger partial charge in [-0.1, -0.05) is 11.3 Å². The predicted molar refractivity (Wildman–Crippen MR) is 45.2 cm³/mol. The van der Waals surface area contributed by atoms with Crippen LogP contribution in [0, 0.1) is 0 Å². The molecule has 0 saturated heterocycles. The highest BCUT2D eigenvalue weighted by Crippen LogP contribution is 2.36. The van der Waals surface area contributed by atoms with Crippen molar-refractivity contribution in [2.24, 2.45) is 0 Å². The lowest BCUT2D eigenvalue weighted by Gasteiger charge is -2.02. The summed E-state index contributed by atoms with van der Waals surface area (Å²) in [5.74, 6) is -1.66. The molecule has 0 atom stereocenters. The van der Waals surface area contributed by atoms with Crippen molar-refractivity contribution < 1.29 is 27.8 Å². The number of carboxylic acid groups (broad SMARTS) is 1. The van der Waals surface area contributed by atoms with Crippen molar-refractivity contribution in [1.29, 1.82) is 0 Å². The van der Waals surface area contributed by atoms with Gasteiger partial charge in [-0.2, -0.15) is 18.2 Å². The Hall–Kier alpha value is -1.31. The number of hydrogen-bond acceptors (Lipinski definition) is 4. The minimum Gasteiger partial charge on any atom is -0.477 e. The number of carbonyl (C=O) groups is 1. The lowest BCUT2D eigenvalue weighted by atomic mass is 10.3. The number of rotatable bonds is 3. The smallest absolute Gasteiger partial charge is 0.435 e. The molecular formula is C7H6F3NO3S. The van der Waals surface area contributed by atoms with Crippen LogP contribution in [0.1, 0.15) is 22.3 Å². The van der Waals surface area contributed by atoms with Crippen LogP contribution in [0.4, 0.5) is 13.2 Å². The number of thiazole rings is 1. The number of ether oxygens (including phenoxy) is 1. The van der Waals surface area contributed by atoms with Crippen molar-refractivity contribution in [1.82, 2.24) is 4.98 Å². The lowest BCUT2D eigenvalue weighted by Crippen LogP contribution is -2.11. The molecule has 8 heteroatoms. The van der Waals surface area contributed by atoms with Crippen LogP contribution in [0.25, 0.3) is 0 Å². The second kappa shape index (κ2) is 4.05. The van der Waals surface area contributed by atoms with Gasteiger partial charge in [0.2, 0.25) is 0 Å². The van der Waals surface area contributed by atoms with Crippen LogP contribution in [0.2, 0.25) is 0 Å². The van der Waals surface area contributed by atoms with Gasteiger partial charge >= 0.3 is 12.1 Å². The summed E-state index contributed by atoms with van der Waals surface area (Å²) in [6.45, 7) is 1.69. The monoisotopic (exact) mass is 241 g/mol. The molecule has 0 unspecified atom stereocenters. The summed E-state index contributed by atoms with van der Waals surface area (Å²) in [6.07, 6.45) is -4.78. The third kappa shape index (κ3) is 2.58. The van der Waals surface area contributed by atoms with Crippen molar-refractivity contribution in [2.75, 3.05) is 6.61 Å². The maximum absolute atomic E-state index is 12.3. The van der Waals surface area contributed by atoms with Gasteiger partial charge in [-0.3, -0.25) is 0 Å². The van der Waals surface area contributed by atoms with E-state index in [4.69, 9.17) is 9.84 Å². The van der Waals surface area contributed by atoms with Gasteiger partial charge in [0.1, 0.15) is 4.88 Å². The Bertz CT molecular complexity index is 374. The average molecular weight is 241 g/mol. The lowest BCUT2D eigenvalue weighted by molar-refractivity contribution is -0.141. The van der Waals surface area contributed by atoms with Crippen molar-refractivity contribution in [3.8, 4) is 5.19 Å². The summed E-state index contributed by atoms with van der Waals surface area (Å²) in [7, 11) is 0. The zero-order valence-corrected chi connectivity index (χ0v) is 8.28. The highest BCUT2D eigenvalue weighted by Gasteiger charge is 2.40. The first-order valence-corrected chi connectivity index (χ1v) is 4.62. The molecule has 1 rings (SSSR count). The van der Waals surface area contributed by atoms with Gasteiger partial charge < -0.3 is 9.84 Å². The van der Waals surface area contributed by atoms with Crippen LogP contribution in [-0.4, -0.2) is 22.7 Å². The Morgan fingerprint density at radius 3 is 2.53 bits per heavy atom. The van der Waals surface area contributed by atoms with E-state index in [1.807, 2.05) is 0 Å². The molecule has 1 aromatic heterocycles. The molecule has 0 amide bonds. The third-order valence-corrected chi connectivity index (χ3v) is 2.29. The zero-order chi connectivity index (χ0) is 11.6. The molecular weight excluding hydrogens is 235 g/mol. The van der Waals surface area contributed by atoms with E-state index in [0.717, 1.165) is 0 Å². The predicted octanol–water partition coefficient (Wildman–Crippen LogP) is 2.26. The van der Waals surface area contributed by atoms with Crippen molar-refractivity contribution in [3.63, 3.8) is 0 Å². The molecule has 0 spiro atoms. The molecule has 15 heavy (non-hydrogen) atoms. The number of aromatic carboxylic acids is 1. The van der Waals surface area contributed by atoms with Gasteiger partial charge in [0.15, 0.2) is 5.69 Å². The Labute approximate surface area is 86.3 Å². The first-order chi connectivity index (χ1) is 6.86. The first kappa shape index (κ1) is 11.8. The molecule has 1 N–H and O–H groups in total. The third-order valence-electron chi connectivity index (χ3n) is 1.34. The SMILES string of the molecule is CCOc1nc(C(F)(F)F)c(C(=O)O)s1. The number of carboxylic acids is 1. The quantitative estimate of drug-likeness (QED) is 0.881. The molecule has 0 radical (unpaired) electrons. The van der Waals surface area contributed by atoms with E-state index >= 15 is 0 Å². The van der Waals surface area contributed by atoms with Crippen LogP contribution in [0.5, 0.6) is 5.19 Å². The van der Waals surface area contributed by atoms with Crippen LogP contribution in [-0.2, 0) is 6.18 Å². The number of nitrogens with zero attached hydrogens (tertiary/aromatic N) is 1. The zero-order valence-electron chi connectivity index (χ0n) is 7.46. The largest absolute Gasteiger partial charge is 0.477 e. The number of aromatic nitrogens is 1. The van der Waals surface area contributed by atoms with E-state index in [9.17, 15) is 18.0 Å². The second-order valence-electron chi connectivity index (χ2n) is 2.39. The highest BCUT2D eigenvalue weighted by atomic mass is 32.1. The minimum atomic E-state index is -4.78. The molecule has 84 valence electrons. The molecule has 0 fully saturated rings. The van der Waals surface area contributed by atoms with Gasteiger partial charge in [0.25, 0.3) is 5.19 Å². The van der Waals surface area contributed by atoms with E-state index in [-0.39, 0.29) is 11.8 Å². The summed E-state index contributed by atoms with van der Waals surface area (Å²) < 4.78 is 41.6. The Morgan fingerprint density at radius 2 is 2.20 bits per heavy atom. The van der Waals surface area contributed by atoms with Crippen molar-refractivity contribution >= 4 is 17.3 Å². The van der Waals surface area contributed by atoms with E-state index < -0.39 is 22.7 Å². The van der Waals surface area contributed by atoms with Crippen LogP contribution in [0.15, 0.2) is 0 Å². The first-order valence-electron chi connectivity index (χ1n) is 3.80. The van der Waals surface area contributed by atoms with Crippen LogP contribution < -0.4 is 4.74 Å². The van der Waals surface area contributed by atoms with Gasteiger partial charge in [0, 0.05) is 0 Å². The summed E-state index contributed by atoms with van der Waals surface area (Å²) in [4.78, 5) is 12.7. The van der Waals surface area contributed by atoms with Gasteiger partial charge in [-0.15, -0.1) is 0 Å². The average Bonchev–Trinajstić information content (AvgIpc) is 2.48. The molecule has 0 bridgehead atoms. The summed E-state index contributed by atoms with van der Waals surface area (Å²) in [5, 5.41) is 8.24. The minimum absolute atomic E-state index is 0.129. The number of alkyl halides is 3. The topological polar surface area (TPSA) is 59.4 Å². The normalized spacial score (nSPS) is 11.5.